The molecule has 1 fully saturated rings. The van der Waals surface area contributed by atoms with Crippen LogP contribution in [0, 0.1) is 0 Å². The lowest BCUT2D eigenvalue weighted by atomic mass is 10.2. The summed E-state index contributed by atoms with van der Waals surface area (Å²) in [7, 11) is -3.09. The first-order chi connectivity index (χ1) is 8.83. The largest absolute Gasteiger partial charge is 0.378 e. The second kappa shape index (κ2) is 3.32. The van der Waals surface area contributed by atoms with Crippen molar-refractivity contribution in [2.24, 2.45) is 0 Å². The molecule has 0 amide bonds. The zero-order valence-corrected chi connectivity index (χ0v) is 8.07. The van der Waals surface area contributed by atoms with Crippen molar-refractivity contribution in [1.29, 1.82) is 0 Å². The third kappa shape index (κ3) is 1.48. The van der Waals surface area contributed by atoms with E-state index in [9.17, 15) is 0 Å². The zero-order valence-electron chi connectivity index (χ0n) is 13.7. The Morgan fingerprint density at radius 2 is 2.92 bits per heavy atom. The van der Waals surface area contributed by atoms with Crippen molar-refractivity contribution in [2.45, 2.75) is 6.08 Å². The monoisotopic (exact) mass is 256 g/mol. The number of hydrogen-bond donors (Lipinski definition) is 0. The molecule has 1 aliphatic rings. The van der Waals surface area contributed by atoms with E-state index in [4.69, 9.17) is 11.0 Å². The van der Waals surface area contributed by atoms with E-state index in [0.29, 0.717) is 8.69 Å². The molecule has 1 aromatic rings. The lowest BCUT2D eigenvalue weighted by molar-refractivity contribution is 0.0787. The van der Waals surface area contributed by atoms with Gasteiger partial charge in [-0.3, -0.25) is 0 Å². The number of methoxy groups -OCH3 is 1. The van der Waals surface area contributed by atoms with Crippen LogP contribution in [0.5, 0.6) is 0 Å². The van der Waals surface area contributed by atoms with Crippen LogP contribution in [0.3, 0.4) is 0 Å². The quantitative estimate of drug-likeness (QED) is 0.807. The highest BCUT2D eigenvalue weighted by atomic mass is 79.9. The van der Waals surface area contributed by atoms with Gasteiger partial charge in [0.2, 0.25) is 0 Å². The summed E-state index contributed by atoms with van der Waals surface area (Å²) in [6.45, 7) is -5.36. The van der Waals surface area contributed by atoms with E-state index in [0.717, 1.165) is 11.3 Å². The molecule has 2 heterocycles. The van der Waals surface area contributed by atoms with E-state index >= 15 is 0 Å². The Labute approximate surface area is 94.7 Å². The highest BCUT2D eigenvalue weighted by molar-refractivity contribution is 9.11. The van der Waals surface area contributed by atoms with E-state index in [-0.39, 0.29) is 5.13 Å². The Hall–Kier alpha value is -0.130. The maximum atomic E-state index is 7.80. The van der Waals surface area contributed by atoms with Crippen LogP contribution in [0.15, 0.2) is 9.98 Å². The molecule has 0 radical (unpaired) electrons. The van der Waals surface area contributed by atoms with E-state index < -0.39 is 26.1 Å². The topological polar surface area (TPSA) is 25.4 Å². The molecule has 0 spiro atoms. The zero-order chi connectivity index (χ0) is 15.6. The number of thiazole rings is 1. The highest BCUT2D eigenvalue weighted by Gasteiger charge is 2.28. The molecule has 5 heteroatoms. The van der Waals surface area contributed by atoms with Crippen LogP contribution in [0.25, 0.3) is 0 Å². The molecule has 0 saturated carbocycles. The van der Waals surface area contributed by atoms with E-state index in [1.807, 2.05) is 0 Å². The van der Waals surface area contributed by atoms with Gasteiger partial charge in [-0.1, -0.05) is 11.3 Å². The van der Waals surface area contributed by atoms with Crippen LogP contribution in [0.1, 0.15) is 11.0 Å². The molecular formula is C7H9BrN2OS. The fourth-order valence-electron chi connectivity index (χ4n) is 0.694. The van der Waals surface area contributed by atoms with Gasteiger partial charge in [0.15, 0.2) is 5.13 Å². The smallest absolute Gasteiger partial charge is 0.186 e. The fraction of sp³-hybridized carbons (Fsp3) is 0.571. The van der Waals surface area contributed by atoms with Gasteiger partial charge in [-0.05, 0) is 15.9 Å². The van der Waals surface area contributed by atoms with Crippen LogP contribution in [0.4, 0.5) is 5.13 Å². The lowest BCUT2D eigenvalue weighted by Gasteiger charge is -2.37. The second-order valence-electron chi connectivity index (χ2n) is 1.94. The summed E-state index contributed by atoms with van der Waals surface area (Å²) in [5.74, 6) is 0. The average Bonchev–Trinajstić information content (AvgIpc) is 2.60. The number of halogens is 1. The molecule has 12 heavy (non-hydrogen) atoms. The molecule has 1 aromatic heterocycles. The van der Waals surface area contributed by atoms with Crippen LogP contribution in [-0.2, 0) is 4.74 Å². The van der Waals surface area contributed by atoms with Crippen molar-refractivity contribution in [3.8, 4) is 0 Å². The SMILES string of the molecule is [2H]C([2H])([2H])OC1([2H])C([2H])([2H])N(c2ncc(Br)s2)C1([2H])[2H]. The van der Waals surface area contributed by atoms with Crippen molar-refractivity contribution in [3.63, 3.8) is 0 Å². The van der Waals surface area contributed by atoms with Gasteiger partial charge >= 0.3 is 0 Å². The molecule has 0 N–H and O–H groups in total. The summed E-state index contributed by atoms with van der Waals surface area (Å²) in [4.78, 5) is 4.43. The highest BCUT2D eigenvalue weighted by Crippen LogP contribution is 2.29. The molecule has 0 atom stereocenters. The minimum Gasteiger partial charge on any atom is -0.378 e. The number of anilines is 1. The summed E-state index contributed by atoms with van der Waals surface area (Å²) < 4.78 is 64.9. The van der Waals surface area contributed by atoms with Crippen LogP contribution in [-0.4, -0.2) is 31.1 Å². The van der Waals surface area contributed by atoms with Crippen molar-refractivity contribution in [2.75, 3.05) is 24.9 Å². The number of nitrogens with zero attached hydrogens (tertiary/aromatic N) is 2. The minimum atomic E-state index is -3.09. The standard InChI is InChI=1S/C7H9BrN2OS/c1-11-5-3-10(4-5)7-9-2-6(8)12-7/h2,5H,3-4H2,1H3/i1D3,3D2,4D2,5D. The molecule has 0 aromatic carbocycles. The molecule has 0 unspecified atom stereocenters. The molecule has 2 rings (SSSR count). The lowest BCUT2D eigenvalue weighted by Crippen LogP contribution is -2.51. The van der Waals surface area contributed by atoms with Crippen LogP contribution < -0.4 is 4.90 Å². The number of aromatic nitrogens is 1. The molecular weight excluding hydrogens is 240 g/mol. The summed E-state index contributed by atoms with van der Waals surface area (Å²) in [5, 5.41) is -0.0103. The van der Waals surface area contributed by atoms with E-state index in [2.05, 4.69) is 25.7 Å². The van der Waals surface area contributed by atoms with Gasteiger partial charge in [-0.25, -0.2) is 4.98 Å². The Bertz CT molecular complexity index is 515. The Balaban J connectivity index is 2.41. The summed E-state index contributed by atoms with van der Waals surface area (Å²) in [6, 6.07) is 0. The fourth-order valence-corrected chi connectivity index (χ4v) is 1.80. The van der Waals surface area contributed by atoms with E-state index in [1.165, 1.54) is 6.20 Å². The van der Waals surface area contributed by atoms with Gasteiger partial charge in [0.05, 0.1) is 27.0 Å². The summed E-state index contributed by atoms with van der Waals surface area (Å²) in [5.41, 5.74) is 0. The van der Waals surface area contributed by atoms with Crippen molar-refractivity contribution >= 4 is 32.4 Å². The summed E-state index contributed by atoms with van der Waals surface area (Å²) >= 11 is 4.09. The number of rotatable bonds is 2. The second-order valence-corrected chi connectivity index (χ2v) is 4.33. The van der Waals surface area contributed by atoms with Gasteiger partial charge in [-0.2, -0.15) is 0 Å². The van der Waals surface area contributed by atoms with Gasteiger partial charge in [0.25, 0.3) is 0 Å². The van der Waals surface area contributed by atoms with Gasteiger partial charge in [0, 0.05) is 20.0 Å². The first-order valence-corrected chi connectivity index (χ1v) is 4.56. The maximum Gasteiger partial charge on any atom is 0.186 e. The van der Waals surface area contributed by atoms with Crippen LogP contribution in [0.2, 0.25) is 0 Å². The van der Waals surface area contributed by atoms with Gasteiger partial charge < -0.3 is 9.64 Å². The first-order valence-electron chi connectivity index (χ1n) is 6.95. The molecule has 0 bridgehead atoms. The molecule has 1 saturated heterocycles. The van der Waals surface area contributed by atoms with E-state index in [1.54, 1.807) is 0 Å². The minimum absolute atomic E-state index is 0.0103. The van der Waals surface area contributed by atoms with Crippen molar-refractivity contribution < 1.29 is 15.7 Å². The van der Waals surface area contributed by atoms with Crippen LogP contribution >= 0.6 is 27.3 Å². The summed E-state index contributed by atoms with van der Waals surface area (Å²) in [6.07, 6.45) is -1.52. The molecule has 0 aliphatic carbocycles. The Kier molecular flexibility index (Phi) is 0.890. The normalized spacial score (nSPS) is 39.9. The number of ether oxygens (including phenoxy) is 1. The Morgan fingerprint density at radius 1 is 2.08 bits per heavy atom. The molecule has 3 nitrogen and oxygen atoms in total. The third-order valence-corrected chi connectivity index (χ3v) is 2.65. The van der Waals surface area contributed by atoms with Crippen molar-refractivity contribution in [3.05, 3.63) is 9.98 Å². The molecule has 1 aliphatic heterocycles. The Morgan fingerprint density at radius 3 is 3.50 bits per heavy atom. The predicted octanol–water partition coefficient (Wildman–Crippen LogP) is 1.74. The predicted molar refractivity (Wildman–Crippen MR) is 52.8 cm³/mol. The van der Waals surface area contributed by atoms with Gasteiger partial charge in [0.1, 0.15) is 0 Å². The maximum absolute atomic E-state index is 7.80. The third-order valence-electron chi connectivity index (χ3n) is 1.19. The first kappa shape index (κ1) is 3.22. The average molecular weight is 257 g/mol. The molecule has 66 valence electrons. The number of hydrogen-bond acceptors (Lipinski definition) is 4. The van der Waals surface area contributed by atoms with Gasteiger partial charge in [-0.15, -0.1) is 0 Å². The van der Waals surface area contributed by atoms with Crippen molar-refractivity contribution in [1.82, 2.24) is 4.98 Å².